The Morgan fingerprint density at radius 1 is 1.14 bits per heavy atom. The van der Waals surface area contributed by atoms with Crippen LogP contribution in [0.25, 0.3) is 0 Å². The normalized spacial score (nSPS) is 37.7. The molecule has 0 amide bonds. The average Bonchev–Trinajstić information content (AvgIpc) is 2.56. The van der Waals surface area contributed by atoms with Crippen molar-refractivity contribution in [3.8, 4) is 0 Å². The first-order chi connectivity index (χ1) is 10.3. The van der Waals surface area contributed by atoms with Crippen LogP contribution in [0, 0.1) is 0 Å². The summed E-state index contributed by atoms with van der Waals surface area (Å²) in [4.78, 5) is 2.95. The summed E-state index contributed by atoms with van der Waals surface area (Å²) < 4.78 is 0. The van der Waals surface area contributed by atoms with Gasteiger partial charge in [0.05, 0.1) is 0 Å². The van der Waals surface area contributed by atoms with Crippen molar-refractivity contribution in [2.24, 2.45) is 0 Å². The quantitative estimate of drug-likeness (QED) is 0.846. The Hall–Kier alpha value is 0.270. The molecule has 3 aliphatic rings. The summed E-state index contributed by atoms with van der Waals surface area (Å²) in [5, 5.41) is 4.90. The predicted molar refractivity (Wildman–Crippen MR) is 94.2 cm³/mol. The van der Waals surface area contributed by atoms with E-state index >= 15 is 0 Å². The molecule has 3 unspecified atom stereocenters. The van der Waals surface area contributed by atoms with E-state index in [1.807, 2.05) is 0 Å². The fourth-order valence-corrected chi connectivity index (χ4v) is 5.81. The van der Waals surface area contributed by atoms with Crippen molar-refractivity contribution in [3.63, 3.8) is 0 Å². The van der Waals surface area contributed by atoms with Crippen LogP contribution in [0.5, 0.6) is 0 Å². The van der Waals surface area contributed by atoms with Gasteiger partial charge in [-0.1, -0.05) is 32.6 Å². The van der Waals surface area contributed by atoms with E-state index in [4.69, 9.17) is 0 Å². The van der Waals surface area contributed by atoms with Gasteiger partial charge in [0.25, 0.3) is 0 Å². The highest BCUT2D eigenvalue weighted by Crippen LogP contribution is 2.37. The van der Waals surface area contributed by atoms with E-state index in [0.717, 1.165) is 17.3 Å². The van der Waals surface area contributed by atoms with Crippen molar-refractivity contribution in [1.82, 2.24) is 10.2 Å². The molecule has 0 radical (unpaired) electrons. The van der Waals surface area contributed by atoms with Crippen LogP contribution in [0.1, 0.15) is 71.1 Å². The highest BCUT2D eigenvalue weighted by Gasteiger charge is 2.42. The van der Waals surface area contributed by atoms with Crippen LogP contribution in [-0.2, 0) is 0 Å². The third-order valence-electron chi connectivity index (χ3n) is 6.35. The summed E-state index contributed by atoms with van der Waals surface area (Å²) >= 11 is 2.11. The van der Waals surface area contributed by atoms with Gasteiger partial charge in [0.15, 0.2) is 0 Å². The van der Waals surface area contributed by atoms with Gasteiger partial charge in [-0.3, -0.25) is 4.90 Å². The summed E-state index contributed by atoms with van der Waals surface area (Å²) in [7, 11) is 0. The molecule has 1 saturated heterocycles. The fraction of sp³-hybridized carbons (Fsp3) is 1.00. The zero-order valence-electron chi connectivity index (χ0n) is 14.1. The summed E-state index contributed by atoms with van der Waals surface area (Å²) in [6.07, 6.45) is 16.6. The van der Waals surface area contributed by atoms with Crippen LogP contribution in [0.3, 0.4) is 0 Å². The topological polar surface area (TPSA) is 15.3 Å². The summed E-state index contributed by atoms with van der Waals surface area (Å²) in [6.45, 7) is 4.95. The van der Waals surface area contributed by atoms with E-state index in [1.165, 1.54) is 77.3 Å². The first-order valence-corrected chi connectivity index (χ1v) is 10.6. The zero-order valence-corrected chi connectivity index (χ0v) is 14.9. The SMILES string of the molecule is CCC1CNC2(CCCCC2)CN1C1CCCC(SC)C1. The molecule has 1 spiro atoms. The molecule has 3 rings (SSSR count). The number of nitrogens with zero attached hydrogens (tertiary/aromatic N) is 1. The lowest BCUT2D eigenvalue weighted by atomic mass is 9.78. The van der Waals surface area contributed by atoms with E-state index in [9.17, 15) is 0 Å². The van der Waals surface area contributed by atoms with Gasteiger partial charge in [-0.25, -0.2) is 0 Å². The first-order valence-electron chi connectivity index (χ1n) is 9.30. The maximum atomic E-state index is 3.98. The molecule has 1 N–H and O–H groups in total. The van der Waals surface area contributed by atoms with Crippen molar-refractivity contribution < 1.29 is 0 Å². The minimum Gasteiger partial charge on any atom is -0.308 e. The molecule has 3 fully saturated rings. The average molecular weight is 311 g/mol. The molecule has 3 heteroatoms. The van der Waals surface area contributed by atoms with E-state index < -0.39 is 0 Å². The maximum Gasteiger partial charge on any atom is 0.0309 e. The Morgan fingerprint density at radius 2 is 1.95 bits per heavy atom. The van der Waals surface area contributed by atoms with Crippen molar-refractivity contribution in [3.05, 3.63) is 0 Å². The van der Waals surface area contributed by atoms with Gasteiger partial charge < -0.3 is 5.32 Å². The lowest BCUT2D eigenvalue weighted by Crippen LogP contribution is -2.66. The molecule has 1 aliphatic heterocycles. The van der Waals surface area contributed by atoms with Crippen LogP contribution in [0.15, 0.2) is 0 Å². The number of hydrogen-bond acceptors (Lipinski definition) is 3. The standard InChI is InChI=1S/C18H34N2S/c1-3-15-13-19-18(10-5-4-6-11-18)14-20(15)16-8-7-9-17(12-16)21-2/h15-17,19H,3-14H2,1-2H3. The number of nitrogens with one attached hydrogen (secondary N) is 1. The van der Waals surface area contributed by atoms with Gasteiger partial charge in [-0.05, 0) is 44.8 Å². The maximum absolute atomic E-state index is 3.98. The molecule has 0 aromatic rings. The summed E-state index contributed by atoms with van der Waals surface area (Å²) in [6, 6.07) is 1.64. The van der Waals surface area contributed by atoms with Crippen LogP contribution < -0.4 is 5.32 Å². The Morgan fingerprint density at radius 3 is 2.67 bits per heavy atom. The van der Waals surface area contributed by atoms with Gasteiger partial charge in [-0.15, -0.1) is 0 Å². The lowest BCUT2D eigenvalue weighted by Gasteiger charge is -2.53. The Balaban J connectivity index is 1.69. The molecular formula is C18H34N2S. The Bertz CT molecular complexity index is 327. The number of piperazine rings is 1. The predicted octanol–water partition coefficient (Wildman–Crippen LogP) is 4.05. The van der Waals surface area contributed by atoms with E-state index in [-0.39, 0.29) is 0 Å². The van der Waals surface area contributed by atoms with Crippen LogP contribution in [0.2, 0.25) is 0 Å². The van der Waals surface area contributed by atoms with Crippen LogP contribution in [-0.4, -0.2) is 47.1 Å². The fourth-order valence-electron chi connectivity index (χ4n) is 4.99. The van der Waals surface area contributed by atoms with Gasteiger partial charge in [-0.2, -0.15) is 11.8 Å². The smallest absolute Gasteiger partial charge is 0.0309 e. The lowest BCUT2D eigenvalue weighted by molar-refractivity contribution is 0.0116. The largest absolute Gasteiger partial charge is 0.308 e. The molecule has 3 atom stereocenters. The Kier molecular flexibility index (Phi) is 5.55. The second-order valence-electron chi connectivity index (χ2n) is 7.63. The first kappa shape index (κ1) is 16.1. The molecule has 1 heterocycles. The van der Waals surface area contributed by atoms with Crippen molar-refractivity contribution in [2.45, 2.75) is 94.0 Å². The van der Waals surface area contributed by atoms with Gasteiger partial charge in [0, 0.05) is 36.0 Å². The number of thioether (sulfide) groups is 1. The monoisotopic (exact) mass is 310 g/mol. The van der Waals surface area contributed by atoms with Gasteiger partial charge in [0.1, 0.15) is 0 Å². The zero-order chi connectivity index (χ0) is 14.7. The molecule has 0 aromatic carbocycles. The second-order valence-corrected chi connectivity index (χ2v) is 8.77. The molecule has 0 aromatic heterocycles. The van der Waals surface area contributed by atoms with E-state index in [1.54, 1.807) is 0 Å². The highest BCUT2D eigenvalue weighted by molar-refractivity contribution is 7.99. The van der Waals surface area contributed by atoms with Crippen LogP contribution in [0.4, 0.5) is 0 Å². The molecule has 2 nitrogen and oxygen atoms in total. The molecule has 122 valence electrons. The molecular weight excluding hydrogens is 276 g/mol. The third kappa shape index (κ3) is 3.61. The van der Waals surface area contributed by atoms with Crippen LogP contribution >= 0.6 is 11.8 Å². The summed E-state index contributed by atoms with van der Waals surface area (Å²) in [5.74, 6) is 0. The van der Waals surface area contributed by atoms with E-state index in [2.05, 4.69) is 35.2 Å². The number of rotatable bonds is 3. The van der Waals surface area contributed by atoms with Crippen molar-refractivity contribution in [2.75, 3.05) is 19.3 Å². The van der Waals surface area contributed by atoms with Crippen molar-refractivity contribution in [1.29, 1.82) is 0 Å². The second kappa shape index (κ2) is 7.23. The summed E-state index contributed by atoms with van der Waals surface area (Å²) in [5.41, 5.74) is 0.468. The van der Waals surface area contributed by atoms with Crippen molar-refractivity contribution >= 4 is 11.8 Å². The Labute approximate surface area is 135 Å². The highest BCUT2D eigenvalue weighted by atomic mass is 32.2. The molecule has 21 heavy (non-hydrogen) atoms. The minimum atomic E-state index is 0.468. The van der Waals surface area contributed by atoms with E-state index in [0.29, 0.717) is 5.54 Å². The minimum absolute atomic E-state index is 0.468. The molecule has 2 aliphatic carbocycles. The number of hydrogen-bond donors (Lipinski definition) is 1. The van der Waals surface area contributed by atoms with Gasteiger partial charge >= 0.3 is 0 Å². The molecule has 0 bridgehead atoms. The van der Waals surface area contributed by atoms with Gasteiger partial charge in [0.2, 0.25) is 0 Å². The third-order valence-corrected chi connectivity index (χ3v) is 7.44. The molecule has 2 saturated carbocycles.